The molecule has 0 fully saturated rings. The van der Waals surface area contributed by atoms with Crippen molar-refractivity contribution in [3.8, 4) is 0 Å². The molecule has 3 heteroatoms. The number of aryl methyl sites for hydroxylation is 1. The van der Waals surface area contributed by atoms with Crippen LogP contribution in [0.15, 0.2) is 36.7 Å². The number of hydrogen-bond acceptors (Lipinski definition) is 2. The molecule has 1 aromatic carbocycles. The summed E-state index contributed by atoms with van der Waals surface area (Å²) in [6, 6.07) is 7.47. The molecule has 1 amide bonds. The van der Waals surface area contributed by atoms with Gasteiger partial charge < -0.3 is 10.2 Å². The number of hydrogen-bond donors (Lipinski definition) is 1. The summed E-state index contributed by atoms with van der Waals surface area (Å²) in [4.78, 5) is 13.4. The Morgan fingerprint density at radius 1 is 1.27 bits per heavy atom. The fourth-order valence-electron chi connectivity index (χ4n) is 1.05. The number of benzene rings is 1. The molecule has 0 aliphatic heterocycles. The van der Waals surface area contributed by atoms with Crippen LogP contribution in [0.3, 0.4) is 0 Å². The van der Waals surface area contributed by atoms with Crippen molar-refractivity contribution in [2.24, 2.45) is 0 Å². The Morgan fingerprint density at radius 2 is 1.87 bits per heavy atom. The third-order valence-electron chi connectivity index (χ3n) is 1.90. The highest BCUT2D eigenvalue weighted by Crippen LogP contribution is 2.02. The van der Waals surface area contributed by atoms with Gasteiger partial charge in [-0.3, -0.25) is 4.79 Å². The molecule has 1 rings (SSSR count). The van der Waals surface area contributed by atoms with E-state index in [9.17, 15) is 4.79 Å². The van der Waals surface area contributed by atoms with Gasteiger partial charge in [-0.2, -0.15) is 0 Å². The molecule has 0 atom stereocenters. The first-order valence-electron chi connectivity index (χ1n) is 4.80. The smallest absolute Gasteiger partial charge is 0.255 e. The Morgan fingerprint density at radius 3 is 2.40 bits per heavy atom. The van der Waals surface area contributed by atoms with Crippen LogP contribution in [-0.2, 0) is 0 Å². The second kappa shape index (κ2) is 5.20. The Bertz CT molecular complexity index is 352. The molecule has 3 nitrogen and oxygen atoms in total. The molecule has 0 aromatic heterocycles. The first kappa shape index (κ1) is 11.3. The van der Waals surface area contributed by atoms with Crippen molar-refractivity contribution < 1.29 is 4.79 Å². The monoisotopic (exact) mass is 204 g/mol. The topological polar surface area (TPSA) is 32.3 Å². The first-order chi connectivity index (χ1) is 7.09. The van der Waals surface area contributed by atoms with Crippen LogP contribution in [0, 0.1) is 6.92 Å². The molecular formula is C12H16N2O. The maximum Gasteiger partial charge on any atom is 0.255 e. The van der Waals surface area contributed by atoms with Crippen molar-refractivity contribution in [1.29, 1.82) is 0 Å². The summed E-state index contributed by atoms with van der Waals surface area (Å²) >= 11 is 0. The average Bonchev–Trinajstić information content (AvgIpc) is 2.18. The molecule has 0 heterocycles. The van der Waals surface area contributed by atoms with Crippen molar-refractivity contribution in [3.63, 3.8) is 0 Å². The van der Waals surface area contributed by atoms with E-state index in [4.69, 9.17) is 0 Å². The Balaban J connectivity index is 2.58. The lowest BCUT2D eigenvalue weighted by Crippen LogP contribution is -2.18. The van der Waals surface area contributed by atoms with Gasteiger partial charge in [0.05, 0.1) is 0 Å². The number of nitrogens with zero attached hydrogens (tertiary/aromatic N) is 1. The number of carbonyl (C=O) groups is 1. The first-order valence-corrected chi connectivity index (χ1v) is 4.80. The molecule has 1 N–H and O–H groups in total. The molecule has 15 heavy (non-hydrogen) atoms. The fourth-order valence-corrected chi connectivity index (χ4v) is 1.05. The van der Waals surface area contributed by atoms with E-state index in [1.807, 2.05) is 50.2 Å². The molecule has 1 aromatic rings. The molecule has 0 saturated carbocycles. The van der Waals surface area contributed by atoms with Crippen molar-refractivity contribution in [3.05, 3.63) is 47.8 Å². The van der Waals surface area contributed by atoms with Crippen molar-refractivity contribution >= 4 is 5.91 Å². The molecule has 0 unspecified atom stereocenters. The molecule has 0 spiro atoms. The van der Waals surface area contributed by atoms with Gasteiger partial charge in [0, 0.05) is 32.1 Å². The predicted octanol–water partition coefficient (Wildman–Crippen LogP) is 1.76. The molecule has 0 bridgehead atoms. The van der Waals surface area contributed by atoms with E-state index in [1.165, 1.54) is 0 Å². The van der Waals surface area contributed by atoms with E-state index in [2.05, 4.69) is 5.32 Å². The van der Waals surface area contributed by atoms with Gasteiger partial charge in [-0.25, -0.2) is 0 Å². The summed E-state index contributed by atoms with van der Waals surface area (Å²) in [5.41, 5.74) is 1.82. The van der Waals surface area contributed by atoms with Crippen LogP contribution in [0.4, 0.5) is 0 Å². The second-order valence-corrected chi connectivity index (χ2v) is 3.62. The highest BCUT2D eigenvalue weighted by molar-refractivity contribution is 5.94. The zero-order chi connectivity index (χ0) is 11.3. The Hall–Kier alpha value is -1.77. The van der Waals surface area contributed by atoms with Crippen LogP contribution in [0.25, 0.3) is 0 Å². The third-order valence-corrected chi connectivity index (χ3v) is 1.90. The lowest BCUT2D eigenvalue weighted by molar-refractivity contribution is 0.0969. The summed E-state index contributed by atoms with van der Waals surface area (Å²) in [5.74, 6) is -0.0897. The van der Waals surface area contributed by atoms with Gasteiger partial charge in [-0.1, -0.05) is 17.7 Å². The lowest BCUT2D eigenvalue weighted by Gasteiger charge is -2.04. The zero-order valence-electron chi connectivity index (χ0n) is 9.32. The lowest BCUT2D eigenvalue weighted by atomic mass is 10.1. The molecule has 0 aliphatic rings. The van der Waals surface area contributed by atoms with Gasteiger partial charge in [0.2, 0.25) is 0 Å². The van der Waals surface area contributed by atoms with Crippen molar-refractivity contribution in [1.82, 2.24) is 10.2 Å². The largest absolute Gasteiger partial charge is 0.382 e. The third kappa shape index (κ3) is 3.85. The normalized spacial score (nSPS) is 10.3. The van der Waals surface area contributed by atoms with Gasteiger partial charge >= 0.3 is 0 Å². The maximum atomic E-state index is 11.6. The molecular weight excluding hydrogens is 188 g/mol. The van der Waals surface area contributed by atoms with Gasteiger partial charge in [0.25, 0.3) is 5.91 Å². The number of carbonyl (C=O) groups excluding carboxylic acids is 1. The molecule has 0 aliphatic carbocycles. The summed E-state index contributed by atoms with van der Waals surface area (Å²) in [5, 5.41) is 2.69. The highest BCUT2D eigenvalue weighted by atomic mass is 16.1. The number of amides is 1. The molecule has 80 valence electrons. The van der Waals surface area contributed by atoms with Gasteiger partial charge in [-0.05, 0) is 19.1 Å². The van der Waals surface area contributed by atoms with Crippen LogP contribution in [0.2, 0.25) is 0 Å². The van der Waals surface area contributed by atoms with E-state index >= 15 is 0 Å². The minimum Gasteiger partial charge on any atom is -0.382 e. The summed E-state index contributed by atoms with van der Waals surface area (Å²) in [6.45, 7) is 1.99. The highest BCUT2D eigenvalue weighted by Gasteiger charge is 2.01. The Kier molecular flexibility index (Phi) is 3.92. The summed E-state index contributed by atoms with van der Waals surface area (Å²) in [7, 11) is 3.79. The van der Waals surface area contributed by atoms with Crippen LogP contribution in [-0.4, -0.2) is 24.9 Å². The predicted molar refractivity (Wildman–Crippen MR) is 61.5 cm³/mol. The minimum absolute atomic E-state index is 0.0897. The average molecular weight is 204 g/mol. The van der Waals surface area contributed by atoms with E-state index in [0.717, 1.165) is 5.56 Å². The standard InChI is InChI=1S/C12H16N2O/c1-10-4-6-11(7-5-10)12(15)13-8-9-14(2)3/h4-9H,1-3H3,(H,13,15)/b9-8+. The summed E-state index contributed by atoms with van der Waals surface area (Å²) in [6.07, 6.45) is 3.41. The SMILES string of the molecule is Cc1ccc(C(=O)N/C=C/N(C)C)cc1. The Labute approximate surface area is 90.4 Å². The van der Waals surface area contributed by atoms with Gasteiger partial charge in [0.15, 0.2) is 0 Å². The quantitative estimate of drug-likeness (QED) is 0.813. The number of rotatable bonds is 3. The van der Waals surface area contributed by atoms with Crippen molar-refractivity contribution in [2.45, 2.75) is 6.92 Å². The fraction of sp³-hybridized carbons (Fsp3) is 0.250. The van der Waals surface area contributed by atoms with Crippen LogP contribution >= 0.6 is 0 Å². The molecule has 0 radical (unpaired) electrons. The molecule has 0 saturated heterocycles. The van der Waals surface area contributed by atoms with E-state index in [0.29, 0.717) is 5.56 Å². The minimum atomic E-state index is -0.0897. The van der Waals surface area contributed by atoms with Gasteiger partial charge in [-0.15, -0.1) is 0 Å². The van der Waals surface area contributed by atoms with Crippen LogP contribution < -0.4 is 5.32 Å². The van der Waals surface area contributed by atoms with Crippen LogP contribution in [0.5, 0.6) is 0 Å². The second-order valence-electron chi connectivity index (χ2n) is 3.62. The maximum absolute atomic E-state index is 11.6. The summed E-state index contributed by atoms with van der Waals surface area (Å²) < 4.78 is 0. The zero-order valence-corrected chi connectivity index (χ0v) is 9.32. The van der Waals surface area contributed by atoms with Gasteiger partial charge in [0.1, 0.15) is 0 Å². The van der Waals surface area contributed by atoms with E-state index in [-0.39, 0.29) is 5.91 Å². The number of nitrogens with one attached hydrogen (secondary N) is 1. The van der Waals surface area contributed by atoms with E-state index < -0.39 is 0 Å². The van der Waals surface area contributed by atoms with Crippen LogP contribution in [0.1, 0.15) is 15.9 Å². The van der Waals surface area contributed by atoms with Crippen molar-refractivity contribution in [2.75, 3.05) is 14.1 Å². The van der Waals surface area contributed by atoms with E-state index in [1.54, 1.807) is 12.4 Å².